The van der Waals surface area contributed by atoms with Gasteiger partial charge in [-0.05, 0) is 79.7 Å². The van der Waals surface area contributed by atoms with E-state index in [1.807, 2.05) is 24.3 Å². The van der Waals surface area contributed by atoms with Gasteiger partial charge in [-0.1, -0.05) is 29.4 Å². The van der Waals surface area contributed by atoms with Gasteiger partial charge in [0.25, 0.3) is 17.6 Å². The van der Waals surface area contributed by atoms with E-state index in [1.165, 1.54) is 12.1 Å². The molecule has 12 heteroatoms. The molecule has 0 radical (unpaired) electrons. The van der Waals surface area contributed by atoms with E-state index >= 15 is 0 Å². The van der Waals surface area contributed by atoms with E-state index in [1.54, 1.807) is 24.3 Å². The highest BCUT2D eigenvalue weighted by Gasteiger charge is 2.20. The molecule has 1 aliphatic rings. The molecule has 2 aromatic carbocycles. The number of piperidine rings is 1. The summed E-state index contributed by atoms with van der Waals surface area (Å²) in [6.07, 6.45) is 7.57. The van der Waals surface area contributed by atoms with Crippen LogP contribution in [0, 0.1) is 23.1 Å². The summed E-state index contributed by atoms with van der Waals surface area (Å²) in [5.41, 5.74) is 2.59. The van der Waals surface area contributed by atoms with Crippen molar-refractivity contribution in [3.63, 3.8) is 0 Å². The molecule has 0 bridgehead atoms. The smallest absolute Gasteiger partial charge is 0.328 e. The van der Waals surface area contributed by atoms with Crippen LogP contribution in [0.3, 0.4) is 0 Å². The van der Waals surface area contributed by atoms with Crippen LogP contribution in [0.15, 0.2) is 65.2 Å². The van der Waals surface area contributed by atoms with E-state index in [9.17, 15) is 18.8 Å². The van der Waals surface area contributed by atoms with Crippen molar-refractivity contribution < 1.29 is 33.5 Å². The number of carbonyl (C=O) groups is 3. The highest BCUT2D eigenvalue weighted by Crippen LogP contribution is 2.21. The SMILES string of the molecule is N#Cc1ccc(C=Cc2nc(C(=O)NCCC3CCN(Cc4ccc(F)cc4)CC3)no2)cc1.O=C(O)C=CC(=O)O. The first-order chi connectivity index (χ1) is 20.2. The fourth-order valence-electron chi connectivity index (χ4n) is 4.12. The Hall–Kier alpha value is -5.15. The van der Waals surface area contributed by atoms with Gasteiger partial charge < -0.3 is 20.1 Å². The number of halogens is 1. The summed E-state index contributed by atoms with van der Waals surface area (Å²) in [5.74, 6) is -2.27. The van der Waals surface area contributed by atoms with Crippen molar-refractivity contribution in [1.82, 2.24) is 20.4 Å². The average Bonchev–Trinajstić information content (AvgIpc) is 3.47. The number of hydrogen-bond donors (Lipinski definition) is 3. The Bertz CT molecular complexity index is 1420. The molecule has 0 spiro atoms. The molecule has 0 aliphatic carbocycles. The fraction of sp³-hybridized carbons (Fsp3) is 0.267. The Morgan fingerprint density at radius 3 is 2.26 bits per heavy atom. The van der Waals surface area contributed by atoms with Gasteiger partial charge in [0.1, 0.15) is 5.82 Å². The molecule has 3 N–H and O–H groups in total. The van der Waals surface area contributed by atoms with Crippen molar-refractivity contribution in [2.24, 2.45) is 5.92 Å². The molecular weight excluding hydrogens is 545 g/mol. The van der Waals surface area contributed by atoms with Crippen LogP contribution in [-0.4, -0.2) is 62.7 Å². The normalized spacial score (nSPS) is 13.8. The Morgan fingerprint density at radius 1 is 1.02 bits per heavy atom. The van der Waals surface area contributed by atoms with Crippen molar-refractivity contribution in [2.45, 2.75) is 25.8 Å². The first-order valence-electron chi connectivity index (χ1n) is 13.1. The van der Waals surface area contributed by atoms with Crippen LogP contribution in [0.1, 0.15) is 52.5 Å². The molecule has 1 saturated heterocycles. The molecule has 1 aliphatic heterocycles. The van der Waals surface area contributed by atoms with Crippen LogP contribution in [0.4, 0.5) is 4.39 Å². The van der Waals surface area contributed by atoms with Gasteiger partial charge in [-0.3, -0.25) is 9.69 Å². The summed E-state index contributed by atoms with van der Waals surface area (Å²) >= 11 is 0. The number of rotatable bonds is 10. The van der Waals surface area contributed by atoms with Crippen LogP contribution in [0.5, 0.6) is 0 Å². The number of nitriles is 1. The fourth-order valence-corrected chi connectivity index (χ4v) is 4.12. The lowest BCUT2D eigenvalue weighted by Gasteiger charge is -2.32. The minimum absolute atomic E-state index is 0.00796. The minimum atomic E-state index is -1.26. The maximum Gasteiger partial charge on any atom is 0.328 e. The van der Waals surface area contributed by atoms with Crippen molar-refractivity contribution >= 4 is 30.0 Å². The first-order valence-corrected chi connectivity index (χ1v) is 13.1. The van der Waals surface area contributed by atoms with Gasteiger partial charge in [-0.25, -0.2) is 14.0 Å². The Balaban J connectivity index is 0.000000531. The summed E-state index contributed by atoms with van der Waals surface area (Å²) in [4.78, 5) is 37.9. The quantitative estimate of drug-likeness (QED) is 0.300. The molecule has 1 fully saturated rings. The average molecular weight is 576 g/mol. The van der Waals surface area contributed by atoms with Crippen LogP contribution >= 0.6 is 0 Å². The van der Waals surface area contributed by atoms with Crippen molar-refractivity contribution in [3.8, 4) is 6.07 Å². The predicted octanol–water partition coefficient (Wildman–Crippen LogP) is 3.99. The van der Waals surface area contributed by atoms with E-state index < -0.39 is 11.9 Å². The molecule has 1 aromatic heterocycles. The molecule has 4 rings (SSSR count). The molecule has 0 saturated carbocycles. The third kappa shape index (κ3) is 11.1. The number of likely N-dealkylation sites (tertiary alicyclic amines) is 1. The number of aromatic nitrogens is 2. The molecule has 42 heavy (non-hydrogen) atoms. The lowest BCUT2D eigenvalue weighted by atomic mass is 9.93. The van der Waals surface area contributed by atoms with E-state index in [2.05, 4.69) is 26.4 Å². The van der Waals surface area contributed by atoms with Crippen molar-refractivity contribution in [1.29, 1.82) is 5.26 Å². The number of carboxylic acids is 2. The summed E-state index contributed by atoms with van der Waals surface area (Å²) in [7, 11) is 0. The highest BCUT2D eigenvalue weighted by molar-refractivity contribution is 5.90. The third-order valence-corrected chi connectivity index (χ3v) is 6.34. The number of nitrogens with one attached hydrogen (secondary N) is 1. The molecular formula is C30H30FN5O6. The Morgan fingerprint density at radius 2 is 1.67 bits per heavy atom. The molecule has 218 valence electrons. The van der Waals surface area contributed by atoms with Crippen LogP contribution in [-0.2, 0) is 16.1 Å². The molecule has 3 aromatic rings. The second-order valence-electron chi connectivity index (χ2n) is 9.42. The van der Waals surface area contributed by atoms with Crippen LogP contribution < -0.4 is 5.32 Å². The summed E-state index contributed by atoms with van der Waals surface area (Å²) in [6.45, 7) is 3.39. The number of hydrogen-bond acceptors (Lipinski definition) is 8. The van der Waals surface area contributed by atoms with Gasteiger partial charge in [-0.15, -0.1) is 0 Å². The number of benzene rings is 2. The first kappa shape index (κ1) is 31.4. The van der Waals surface area contributed by atoms with Crippen LogP contribution in [0.25, 0.3) is 12.2 Å². The van der Waals surface area contributed by atoms with Gasteiger partial charge >= 0.3 is 11.9 Å². The number of carbonyl (C=O) groups excluding carboxylic acids is 1. The zero-order valence-electron chi connectivity index (χ0n) is 22.6. The molecule has 2 heterocycles. The molecule has 11 nitrogen and oxygen atoms in total. The second kappa shape index (κ2) is 16.2. The van der Waals surface area contributed by atoms with Gasteiger partial charge in [0.2, 0.25) is 0 Å². The monoisotopic (exact) mass is 575 g/mol. The van der Waals surface area contributed by atoms with Crippen molar-refractivity contribution in [2.75, 3.05) is 19.6 Å². The summed E-state index contributed by atoms with van der Waals surface area (Å²) in [6, 6.07) is 15.8. The van der Waals surface area contributed by atoms with Crippen molar-refractivity contribution in [3.05, 3.63) is 94.9 Å². The van der Waals surface area contributed by atoms with E-state index in [0.717, 1.165) is 50.0 Å². The lowest BCUT2D eigenvalue weighted by molar-refractivity contribution is -0.134. The number of amides is 1. The number of nitrogens with zero attached hydrogens (tertiary/aromatic N) is 4. The summed E-state index contributed by atoms with van der Waals surface area (Å²) in [5, 5.41) is 31.1. The number of carboxylic acid groups (broad SMARTS) is 2. The van der Waals surface area contributed by atoms with E-state index in [4.69, 9.17) is 20.0 Å². The van der Waals surface area contributed by atoms with Gasteiger partial charge in [-0.2, -0.15) is 10.2 Å². The predicted molar refractivity (Wildman–Crippen MR) is 150 cm³/mol. The summed E-state index contributed by atoms with van der Waals surface area (Å²) < 4.78 is 18.2. The molecule has 0 atom stereocenters. The standard InChI is InChI=1S/C26H26FN5O2.C4H4O4/c27-23-8-5-22(6-9-23)18-32-15-12-20(13-16-32)11-14-29-26(33)25-30-24(34-31-25)10-7-19-1-3-21(17-28)4-2-19;5-3(6)1-2-4(7)8/h1-10,20H,11-16,18H2,(H,29,33);1-2H,(H,5,6)(H,7,8). The Kier molecular flexibility index (Phi) is 12.1. The second-order valence-corrected chi connectivity index (χ2v) is 9.42. The third-order valence-electron chi connectivity index (χ3n) is 6.34. The largest absolute Gasteiger partial charge is 0.478 e. The van der Waals surface area contributed by atoms with Gasteiger partial charge in [0.05, 0.1) is 11.6 Å². The number of aliphatic carboxylic acids is 2. The van der Waals surface area contributed by atoms with Gasteiger partial charge in [0.15, 0.2) is 0 Å². The van der Waals surface area contributed by atoms with Gasteiger partial charge in [0, 0.05) is 31.3 Å². The maximum atomic E-state index is 13.1. The Labute approximate surface area is 241 Å². The molecule has 1 amide bonds. The topological polar surface area (TPSA) is 170 Å². The lowest BCUT2D eigenvalue weighted by Crippen LogP contribution is -2.35. The maximum absolute atomic E-state index is 13.1. The van der Waals surface area contributed by atoms with Crippen LogP contribution in [0.2, 0.25) is 0 Å². The highest BCUT2D eigenvalue weighted by atomic mass is 19.1. The molecule has 0 unspecified atom stereocenters. The zero-order valence-corrected chi connectivity index (χ0v) is 22.6. The minimum Gasteiger partial charge on any atom is -0.478 e. The zero-order chi connectivity index (χ0) is 30.3. The van der Waals surface area contributed by atoms with E-state index in [0.29, 0.717) is 30.2 Å². The van der Waals surface area contributed by atoms with E-state index in [-0.39, 0.29) is 23.4 Å².